The standard InChI is InChI=1S/C10H14BrO4PS/c1-14-16(13,15-2)7-8(12)3-4-9-5-6-10(11)17-9/h5-6H,3-4,7H2,1-2H3. The van der Waals surface area contributed by atoms with Crippen molar-refractivity contribution in [1.82, 2.24) is 0 Å². The van der Waals surface area contributed by atoms with Gasteiger partial charge in [0.2, 0.25) is 0 Å². The van der Waals surface area contributed by atoms with Crippen LogP contribution in [-0.4, -0.2) is 26.2 Å². The quantitative estimate of drug-likeness (QED) is 0.713. The number of carbonyl (C=O) groups excluding carboxylic acids is 1. The van der Waals surface area contributed by atoms with Gasteiger partial charge < -0.3 is 9.05 Å². The van der Waals surface area contributed by atoms with Crippen molar-refractivity contribution >= 4 is 40.6 Å². The van der Waals surface area contributed by atoms with Crippen LogP contribution in [0.5, 0.6) is 0 Å². The fraction of sp³-hybridized carbons (Fsp3) is 0.500. The maximum atomic E-state index is 11.7. The largest absolute Gasteiger partial charge is 0.337 e. The van der Waals surface area contributed by atoms with Gasteiger partial charge in [0.25, 0.3) is 0 Å². The average Bonchev–Trinajstić information content (AvgIpc) is 2.72. The van der Waals surface area contributed by atoms with E-state index in [1.165, 1.54) is 14.2 Å². The molecule has 1 heterocycles. The van der Waals surface area contributed by atoms with Gasteiger partial charge in [-0.25, -0.2) is 0 Å². The highest BCUT2D eigenvalue weighted by Crippen LogP contribution is 2.46. The van der Waals surface area contributed by atoms with Gasteiger partial charge in [-0.3, -0.25) is 9.36 Å². The molecule has 0 bridgehead atoms. The van der Waals surface area contributed by atoms with Crippen molar-refractivity contribution in [3.63, 3.8) is 0 Å². The molecule has 0 fully saturated rings. The summed E-state index contributed by atoms with van der Waals surface area (Å²) in [5.74, 6) is -0.110. The Labute approximate surface area is 113 Å². The van der Waals surface area contributed by atoms with Crippen LogP contribution in [-0.2, 0) is 24.8 Å². The van der Waals surface area contributed by atoms with Crippen LogP contribution in [0, 0.1) is 0 Å². The Bertz CT molecular complexity index is 424. The Morgan fingerprint density at radius 1 is 1.41 bits per heavy atom. The van der Waals surface area contributed by atoms with E-state index in [0.717, 1.165) is 8.66 Å². The number of hydrogen-bond acceptors (Lipinski definition) is 5. The van der Waals surface area contributed by atoms with Gasteiger partial charge in [-0.2, -0.15) is 0 Å². The number of Topliss-reactive ketones (excluding diaryl/α,β-unsaturated/α-hetero) is 1. The Morgan fingerprint density at radius 2 is 2.06 bits per heavy atom. The third-order valence-corrected chi connectivity index (χ3v) is 5.74. The molecule has 0 saturated heterocycles. The molecule has 0 aliphatic carbocycles. The number of halogens is 1. The van der Waals surface area contributed by atoms with E-state index >= 15 is 0 Å². The Morgan fingerprint density at radius 3 is 2.53 bits per heavy atom. The summed E-state index contributed by atoms with van der Waals surface area (Å²) in [6.07, 6.45) is 0.846. The highest BCUT2D eigenvalue weighted by atomic mass is 79.9. The van der Waals surface area contributed by atoms with Gasteiger partial charge in [-0.1, -0.05) is 0 Å². The first-order valence-electron chi connectivity index (χ1n) is 4.95. The number of aryl methyl sites for hydroxylation is 1. The van der Waals surface area contributed by atoms with Gasteiger partial charge in [0.15, 0.2) is 0 Å². The van der Waals surface area contributed by atoms with Gasteiger partial charge in [-0.15, -0.1) is 11.3 Å². The number of ketones is 1. The molecule has 0 amide bonds. The number of hydrogen-bond donors (Lipinski definition) is 0. The molecule has 0 aliphatic rings. The second kappa shape index (κ2) is 6.81. The van der Waals surface area contributed by atoms with Crippen molar-refractivity contribution in [3.8, 4) is 0 Å². The van der Waals surface area contributed by atoms with Gasteiger partial charge in [-0.05, 0) is 34.5 Å². The van der Waals surface area contributed by atoms with Crippen molar-refractivity contribution in [2.45, 2.75) is 12.8 Å². The number of thiophene rings is 1. The summed E-state index contributed by atoms with van der Waals surface area (Å²) in [4.78, 5) is 12.7. The molecule has 0 aliphatic heterocycles. The third kappa shape index (κ3) is 5.02. The second-order valence-electron chi connectivity index (χ2n) is 3.38. The second-order valence-corrected chi connectivity index (χ2v) is 8.19. The lowest BCUT2D eigenvalue weighted by atomic mass is 10.2. The zero-order valence-corrected chi connectivity index (χ0v) is 12.9. The molecule has 1 aromatic heterocycles. The van der Waals surface area contributed by atoms with Crippen molar-refractivity contribution < 1.29 is 18.4 Å². The molecule has 7 heteroatoms. The van der Waals surface area contributed by atoms with Gasteiger partial charge in [0, 0.05) is 25.5 Å². The van der Waals surface area contributed by atoms with Gasteiger partial charge >= 0.3 is 7.60 Å². The molecule has 1 aromatic rings. The first kappa shape index (κ1) is 15.1. The minimum Gasteiger partial charge on any atom is -0.312 e. The molecule has 0 spiro atoms. The van der Waals surface area contributed by atoms with Crippen LogP contribution >= 0.6 is 34.9 Å². The van der Waals surface area contributed by atoms with E-state index in [9.17, 15) is 9.36 Å². The molecule has 17 heavy (non-hydrogen) atoms. The maximum absolute atomic E-state index is 11.7. The maximum Gasteiger partial charge on any atom is 0.337 e. The predicted molar refractivity (Wildman–Crippen MR) is 71.8 cm³/mol. The molecule has 0 N–H and O–H groups in total. The zero-order valence-electron chi connectivity index (χ0n) is 9.64. The van der Waals surface area contributed by atoms with Crippen molar-refractivity contribution in [2.75, 3.05) is 20.4 Å². The van der Waals surface area contributed by atoms with E-state index in [4.69, 9.17) is 9.05 Å². The summed E-state index contributed by atoms with van der Waals surface area (Å²) < 4.78 is 22.2. The average molecular weight is 341 g/mol. The smallest absolute Gasteiger partial charge is 0.312 e. The van der Waals surface area contributed by atoms with E-state index in [1.54, 1.807) is 11.3 Å². The first-order chi connectivity index (χ1) is 7.99. The summed E-state index contributed by atoms with van der Waals surface area (Å²) in [5.41, 5.74) is 0. The normalized spacial score (nSPS) is 11.7. The molecular formula is C10H14BrO4PS. The molecule has 0 atom stereocenters. The molecule has 4 nitrogen and oxygen atoms in total. The molecule has 96 valence electrons. The van der Waals surface area contributed by atoms with Gasteiger partial charge in [0.1, 0.15) is 11.9 Å². The molecule has 0 saturated carbocycles. The van der Waals surface area contributed by atoms with E-state index in [0.29, 0.717) is 12.8 Å². The van der Waals surface area contributed by atoms with Crippen molar-refractivity contribution in [3.05, 3.63) is 20.8 Å². The Kier molecular flexibility index (Phi) is 6.03. The summed E-state index contributed by atoms with van der Waals surface area (Å²) >= 11 is 4.95. The summed E-state index contributed by atoms with van der Waals surface area (Å²) in [5, 5.41) is 0. The highest BCUT2D eigenvalue weighted by molar-refractivity contribution is 9.11. The fourth-order valence-electron chi connectivity index (χ4n) is 1.25. The molecule has 0 unspecified atom stereocenters. The topological polar surface area (TPSA) is 52.6 Å². The van der Waals surface area contributed by atoms with Crippen molar-refractivity contribution in [1.29, 1.82) is 0 Å². The SMILES string of the molecule is COP(=O)(CC(=O)CCc1ccc(Br)s1)OC. The molecular weight excluding hydrogens is 327 g/mol. The van der Waals surface area contributed by atoms with Crippen LogP contribution < -0.4 is 0 Å². The summed E-state index contributed by atoms with van der Waals surface area (Å²) in [7, 11) is -0.637. The van der Waals surface area contributed by atoms with Crippen LogP contribution in [0.2, 0.25) is 0 Å². The van der Waals surface area contributed by atoms with Crippen LogP contribution in [0.1, 0.15) is 11.3 Å². The number of carbonyl (C=O) groups is 1. The molecule has 0 radical (unpaired) electrons. The minimum absolute atomic E-state index is 0.110. The van der Waals surface area contributed by atoms with E-state index in [1.807, 2.05) is 12.1 Å². The fourth-order valence-corrected chi connectivity index (χ4v) is 3.73. The predicted octanol–water partition coefficient (Wildman–Crippen LogP) is 3.50. The van der Waals surface area contributed by atoms with Crippen LogP contribution in [0.25, 0.3) is 0 Å². The first-order valence-corrected chi connectivity index (χ1v) is 8.29. The molecule has 0 aromatic carbocycles. The Hall–Kier alpha value is -0.0000000000000000486. The minimum atomic E-state index is -3.21. The number of rotatable bonds is 7. The lowest BCUT2D eigenvalue weighted by Crippen LogP contribution is -2.08. The monoisotopic (exact) mass is 340 g/mol. The van der Waals surface area contributed by atoms with Crippen LogP contribution in [0.4, 0.5) is 0 Å². The Balaban J connectivity index is 2.43. The third-order valence-electron chi connectivity index (χ3n) is 2.21. The van der Waals surface area contributed by atoms with E-state index < -0.39 is 7.60 Å². The summed E-state index contributed by atoms with van der Waals surface area (Å²) in [6.45, 7) is 0. The van der Waals surface area contributed by atoms with Crippen molar-refractivity contribution in [2.24, 2.45) is 0 Å². The lowest BCUT2D eigenvalue weighted by molar-refractivity contribution is -0.116. The lowest BCUT2D eigenvalue weighted by Gasteiger charge is -2.12. The summed E-state index contributed by atoms with van der Waals surface area (Å²) in [6, 6.07) is 3.91. The van der Waals surface area contributed by atoms with Crippen LogP contribution in [0.15, 0.2) is 15.9 Å². The molecule has 1 rings (SSSR count). The zero-order chi connectivity index (χ0) is 12.9. The van der Waals surface area contributed by atoms with E-state index in [-0.39, 0.29) is 11.9 Å². The highest BCUT2D eigenvalue weighted by Gasteiger charge is 2.24. The van der Waals surface area contributed by atoms with Gasteiger partial charge in [0.05, 0.1) is 3.79 Å². The van der Waals surface area contributed by atoms with E-state index in [2.05, 4.69) is 15.9 Å². The van der Waals surface area contributed by atoms with Crippen LogP contribution in [0.3, 0.4) is 0 Å².